The summed E-state index contributed by atoms with van der Waals surface area (Å²) < 4.78 is 0. The molecule has 0 unspecified atom stereocenters. The van der Waals surface area contributed by atoms with Crippen LogP contribution in [0.4, 0.5) is 17.1 Å². The predicted molar refractivity (Wildman–Crippen MR) is 210 cm³/mol. The van der Waals surface area contributed by atoms with Crippen molar-refractivity contribution < 1.29 is 28.8 Å². The molecule has 3 aliphatic rings. The molecule has 3 heterocycles. The first-order valence-electron chi connectivity index (χ1n) is 16.0. The first-order valence-corrected chi connectivity index (χ1v) is 16.0. The van der Waals surface area contributed by atoms with Crippen molar-refractivity contribution in [1.82, 2.24) is 0 Å². The van der Waals surface area contributed by atoms with E-state index in [1.807, 2.05) is 82.3 Å². The van der Waals surface area contributed by atoms with Crippen LogP contribution in [0.1, 0.15) is 116 Å². The van der Waals surface area contributed by atoms with E-state index in [4.69, 9.17) is 0 Å². The maximum Gasteiger partial charge on any atom is 0.234 e. The highest BCUT2D eigenvalue weighted by atomic mass is 16.2. The Kier molecular flexibility index (Phi) is 30.1. The van der Waals surface area contributed by atoms with Gasteiger partial charge in [0.15, 0.2) is 0 Å². The van der Waals surface area contributed by atoms with Crippen LogP contribution in [0.15, 0.2) is 91.0 Å². The summed E-state index contributed by atoms with van der Waals surface area (Å²) in [6.45, 7) is 12.2. The fourth-order valence-corrected chi connectivity index (χ4v) is 4.32. The van der Waals surface area contributed by atoms with Gasteiger partial charge in [0.25, 0.3) is 0 Å². The predicted octanol–water partition coefficient (Wildman–Crippen LogP) is 10.0. The standard InChI is InChI=1S/3C10H9NO2.C3H8.2C2H6.4CH4/c3*12-9-6-7-10(13)11(9)8-4-2-1-3-5-8;1-3-2;2*1-2;;;;/h3*1-5H,6-7H2;3H2,1-2H3;2*1-2H3;4*1H4. The third-order valence-corrected chi connectivity index (χ3v) is 6.20. The molecule has 6 rings (SSSR count). The van der Waals surface area contributed by atoms with Crippen molar-refractivity contribution in [1.29, 1.82) is 0 Å². The average Bonchev–Trinajstić information content (AvgIpc) is 3.74. The van der Waals surface area contributed by atoms with E-state index in [1.165, 1.54) is 21.1 Å². The van der Waals surface area contributed by atoms with Crippen LogP contribution in [0.2, 0.25) is 0 Å². The molecular weight excluding hydrogens is 630 g/mol. The molecule has 3 aromatic carbocycles. The lowest BCUT2D eigenvalue weighted by molar-refractivity contribution is -0.122. The second-order valence-corrected chi connectivity index (χ2v) is 9.58. The Morgan fingerprint density at radius 2 is 0.500 bits per heavy atom. The number of amides is 6. The maximum absolute atomic E-state index is 11.3. The van der Waals surface area contributed by atoms with E-state index in [0.717, 1.165) is 0 Å². The van der Waals surface area contributed by atoms with Crippen LogP contribution in [0, 0.1) is 0 Å². The first-order chi connectivity index (χ1) is 22.3. The van der Waals surface area contributed by atoms with E-state index in [-0.39, 0.29) is 65.1 Å². The van der Waals surface area contributed by atoms with Gasteiger partial charge in [-0.15, -0.1) is 0 Å². The van der Waals surface area contributed by atoms with Gasteiger partial charge in [-0.1, -0.05) is 132 Å². The number of imide groups is 3. The number of hydrogen-bond donors (Lipinski definition) is 0. The van der Waals surface area contributed by atoms with Gasteiger partial charge in [-0.2, -0.15) is 0 Å². The monoisotopic (exact) mass is 693 g/mol. The highest BCUT2D eigenvalue weighted by molar-refractivity contribution is 6.21. The third-order valence-electron chi connectivity index (χ3n) is 6.20. The Bertz CT molecular complexity index is 1180. The molecule has 0 atom stereocenters. The Labute approximate surface area is 302 Å². The summed E-state index contributed by atoms with van der Waals surface area (Å²) in [4.78, 5) is 71.5. The van der Waals surface area contributed by atoms with Gasteiger partial charge in [-0.25, -0.2) is 0 Å². The van der Waals surface area contributed by atoms with E-state index in [1.54, 1.807) is 36.4 Å². The summed E-state index contributed by atoms with van der Waals surface area (Å²) in [6, 6.07) is 27.0. The first kappa shape index (κ1) is 51.9. The van der Waals surface area contributed by atoms with E-state index < -0.39 is 0 Å². The van der Waals surface area contributed by atoms with E-state index in [2.05, 4.69) is 13.8 Å². The highest BCUT2D eigenvalue weighted by Crippen LogP contribution is 2.23. The number of carbonyl (C=O) groups is 6. The SMILES string of the molecule is C.C.C.C.CC.CC.CCC.O=C1CCC(=O)N1c1ccccc1.O=C1CCC(=O)N1c1ccccc1.O=C1CCC(=O)N1c1ccccc1. The van der Waals surface area contributed by atoms with E-state index >= 15 is 0 Å². The van der Waals surface area contributed by atoms with Crippen LogP contribution in [0.5, 0.6) is 0 Å². The summed E-state index contributed by atoms with van der Waals surface area (Å²) in [5, 5.41) is 0. The highest BCUT2D eigenvalue weighted by Gasteiger charge is 2.31. The van der Waals surface area contributed by atoms with Gasteiger partial charge in [0, 0.05) is 38.5 Å². The topological polar surface area (TPSA) is 112 Å². The normalized spacial score (nSPS) is 13.7. The smallest absolute Gasteiger partial charge is 0.234 e. The largest absolute Gasteiger partial charge is 0.274 e. The zero-order valence-electron chi connectivity index (χ0n) is 27.9. The van der Waals surface area contributed by atoms with Crippen LogP contribution >= 0.6 is 0 Å². The number of para-hydroxylation sites is 3. The molecule has 3 saturated heterocycles. The minimum Gasteiger partial charge on any atom is -0.274 e. The van der Waals surface area contributed by atoms with Crippen LogP contribution in [-0.2, 0) is 28.8 Å². The fraction of sp³-hybridized carbons (Fsp3) is 0.415. The van der Waals surface area contributed by atoms with Gasteiger partial charge >= 0.3 is 0 Å². The number of nitrogens with zero attached hydrogens (tertiary/aromatic N) is 3. The van der Waals surface area contributed by atoms with Crippen molar-refractivity contribution in [3.8, 4) is 0 Å². The maximum atomic E-state index is 11.3. The van der Waals surface area contributed by atoms with Crippen molar-refractivity contribution in [3.63, 3.8) is 0 Å². The van der Waals surface area contributed by atoms with Gasteiger partial charge in [-0.3, -0.25) is 43.5 Å². The quantitative estimate of drug-likeness (QED) is 0.252. The number of rotatable bonds is 3. The molecule has 9 nitrogen and oxygen atoms in total. The second-order valence-electron chi connectivity index (χ2n) is 9.58. The number of benzene rings is 3. The van der Waals surface area contributed by atoms with Crippen LogP contribution in [-0.4, -0.2) is 35.4 Å². The van der Waals surface area contributed by atoms with Crippen molar-refractivity contribution >= 4 is 52.5 Å². The van der Waals surface area contributed by atoms with E-state index in [9.17, 15) is 28.8 Å². The van der Waals surface area contributed by atoms with Crippen LogP contribution in [0.25, 0.3) is 0 Å². The fourth-order valence-electron chi connectivity index (χ4n) is 4.32. The number of hydrogen-bond acceptors (Lipinski definition) is 6. The Balaban J connectivity index is -0.000000280. The van der Waals surface area contributed by atoms with E-state index in [0.29, 0.717) is 55.6 Å². The minimum absolute atomic E-state index is 0. The van der Waals surface area contributed by atoms with Crippen LogP contribution in [0.3, 0.4) is 0 Å². The minimum atomic E-state index is -0.101. The van der Waals surface area contributed by atoms with Crippen molar-refractivity contribution in [2.45, 2.75) is 116 Å². The molecule has 3 aliphatic heterocycles. The lowest BCUT2D eigenvalue weighted by atomic mass is 10.3. The lowest BCUT2D eigenvalue weighted by Gasteiger charge is -2.12. The molecule has 0 radical (unpaired) electrons. The Morgan fingerprint density at radius 3 is 0.640 bits per heavy atom. The molecule has 0 aliphatic carbocycles. The molecule has 0 bridgehead atoms. The van der Waals surface area contributed by atoms with Crippen molar-refractivity contribution in [3.05, 3.63) is 91.0 Å². The number of carbonyl (C=O) groups excluding carboxylic acids is 6. The van der Waals surface area contributed by atoms with Gasteiger partial charge in [-0.05, 0) is 36.4 Å². The van der Waals surface area contributed by atoms with Gasteiger partial charge < -0.3 is 0 Å². The zero-order chi connectivity index (χ0) is 34.5. The molecule has 9 heteroatoms. The molecule has 0 aromatic heterocycles. The average molecular weight is 694 g/mol. The molecular formula is C41H63N3O6. The molecule has 6 amide bonds. The Hall–Kier alpha value is -4.92. The van der Waals surface area contributed by atoms with Crippen LogP contribution < -0.4 is 14.7 Å². The Morgan fingerprint density at radius 1 is 0.360 bits per heavy atom. The molecule has 0 saturated carbocycles. The van der Waals surface area contributed by atoms with Gasteiger partial charge in [0.2, 0.25) is 35.4 Å². The molecule has 0 N–H and O–H groups in total. The second kappa shape index (κ2) is 29.0. The summed E-state index contributed by atoms with van der Waals surface area (Å²) in [7, 11) is 0. The summed E-state index contributed by atoms with van der Waals surface area (Å²) in [6.07, 6.45) is 3.30. The van der Waals surface area contributed by atoms with Gasteiger partial charge in [0.05, 0.1) is 17.1 Å². The third kappa shape index (κ3) is 15.5. The van der Waals surface area contributed by atoms with Crippen molar-refractivity contribution in [2.24, 2.45) is 0 Å². The number of anilines is 3. The summed E-state index contributed by atoms with van der Waals surface area (Å²) >= 11 is 0. The summed E-state index contributed by atoms with van der Waals surface area (Å²) in [5.41, 5.74) is 2.03. The van der Waals surface area contributed by atoms with Gasteiger partial charge in [0.1, 0.15) is 0 Å². The lowest BCUT2D eigenvalue weighted by Crippen LogP contribution is -2.28. The zero-order valence-corrected chi connectivity index (χ0v) is 27.9. The molecule has 3 aromatic rings. The summed E-state index contributed by atoms with van der Waals surface area (Å²) in [5.74, 6) is -0.604. The molecule has 0 spiro atoms. The molecule has 50 heavy (non-hydrogen) atoms. The molecule has 3 fully saturated rings. The van der Waals surface area contributed by atoms with Crippen molar-refractivity contribution in [2.75, 3.05) is 14.7 Å². The molecule has 278 valence electrons.